The molecule has 0 unspecified atom stereocenters. The summed E-state index contributed by atoms with van der Waals surface area (Å²) in [6, 6.07) is 31.3. The van der Waals surface area contributed by atoms with Crippen molar-refractivity contribution in [1.82, 2.24) is 9.13 Å². The summed E-state index contributed by atoms with van der Waals surface area (Å²) in [7, 11) is 3.37. The predicted octanol–water partition coefficient (Wildman–Crippen LogP) is 6.93. The van der Waals surface area contributed by atoms with E-state index in [1.165, 1.54) is 22.4 Å². The number of methoxy groups -OCH3 is 2. The van der Waals surface area contributed by atoms with Gasteiger partial charge < -0.3 is 18.6 Å². The fourth-order valence-corrected chi connectivity index (χ4v) is 4.16. The molecule has 0 aliphatic rings. The van der Waals surface area contributed by atoms with Crippen LogP contribution in [0.2, 0.25) is 0 Å². The van der Waals surface area contributed by atoms with Gasteiger partial charge in [-0.05, 0) is 73.2 Å². The molecule has 0 aliphatic carbocycles. The summed E-state index contributed by atoms with van der Waals surface area (Å²) in [6.07, 6.45) is 4.40. The van der Waals surface area contributed by atoms with Crippen LogP contribution in [-0.4, -0.2) is 23.4 Å². The molecule has 33 heavy (non-hydrogen) atoms. The van der Waals surface area contributed by atoms with Crippen LogP contribution in [-0.2, 0) is 0 Å². The van der Waals surface area contributed by atoms with E-state index < -0.39 is 0 Å². The van der Waals surface area contributed by atoms with Gasteiger partial charge in [0.2, 0.25) is 0 Å². The zero-order valence-corrected chi connectivity index (χ0v) is 19.0. The maximum atomic E-state index is 5.35. The Morgan fingerprint density at radius 1 is 0.545 bits per heavy atom. The Hall–Kier alpha value is -4.18. The zero-order valence-electron chi connectivity index (χ0n) is 19.0. The molecule has 5 aromatic rings. The van der Waals surface area contributed by atoms with E-state index in [2.05, 4.69) is 89.1 Å². The van der Waals surface area contributed by atoms with Gasteiger partial charge in [-0.1, -0.05) is 30.3 Å². The molecule has 0 radical (unpaired) electrons. The normalized spacial score (nSPS) is 10.9. The highest BCUT2D eigenvalue weighted by atomic mass is 16.5. The summed E-state index contributed by atoms with van der Waals surface area (Å²) in [5.41, 5.74) is 8.03. The molecular weight excluding hydrogens is 408 g/mol. The van der Waals surface area contributed by atoms with Crippen LogP contribution >= 0.6 is 0 Å². The van der Waals surface area contributed by atoms with Crippen LogP contribution in [0.5, 0.6) is 11.5 Å². The minimum absolute atomic E-state index is 0.847. The number of nitrogens with zero attached hydrogens (tertiary/aromatic N) is 2. The lowest BCUT2D eigenvalue weighted by atomic mass is 10.1. The molecule has 4 nitrogen and oxygen atoms in total. The van der Waals surface area contributed by atoms with Crippen LogP contribution in [0.15, 0.2) is 103 Å². The molecule has 0 bridgehead atoms. The molecule has 0 spiro atoms. The molecule has 4 heteroatoms. The first kappa shape index (κ1) is 20.7. The highest BCUT2D eigenvalue weighted by molar-refractivity contribution is 5.74. The van der Waals surface area contributed by atoms with Crippen LogP contribution in [0.1, 0.15) is 5.69 Å². The number of hydrogen-bond donors (Lipinski definition) is 0. The quantitative estimate of drug-likeness (QED) is 0.290. The minimum atomic E-state index is 0.847. The van der Waals surface area contributed by atoms with Gasteiger partial charge in [-0.2, -0.15) is 0 Å². The van der Waals surface area contributed by atoms with Gasteiger partial charge in [0.25, 0.3) is 0 Å². The Kier molecular flexibility index (Phi) is 5.49. The second-order valence-electron chi connectivity index (χ2n) is 7.99. The number of hydrogen-bond acceptors (Lipinski definition) is 2. The van der Waals surface area contributed by atoms with Gasteiger partial charge in [0.15, 0.2) is 0 Å². The van der Waals surface area contributed by atoms with E-state index in [0.717, 1.165) is 28.6 Å². The Balaban J connectivity index is 1.59. The first-order chi connectivity index (χ1) is 16.2. The standard InChI is InChI=1S/C29H26N2O2/c1-21-17-23(19-30(21)25-9-13-27(32-2)14-10-25)24-18-29(22-7-5-4-6-8-22)31(20-24)26-11-15-28(33-3)16-12-26/h4-20H,1-3H3. The van der Waals surface area contributed by atoms with Crippen LogP contribution in [0, 0.1) is 6.92 Å². The predicted molar refractivity (Wildman–Crippen MR) is 134 cm³/mol. The SMILES string of the molecule is COc1ccc(-n2cc(-c3cc(-c4ccccc4)n(-c4ccc(OC)cc4)c3)cc2C)cc1. The van der Waals surface area contributed by atoms with Crippen molar-refractivity contribution in [2.45, 2.75) is 6.92 Å². The lowest BCUT2D eigenvalue weighted by molar-refractivity contribution is 0.414. The van der Waals surface area contributed by atoms with E-state index in [4.69, 9.17) is 9.47 Å². The molecule has 0 N–H and O–H groups in total. The van der Waals surface area contributed by atoms with Crippen molar-refractivity contribution in [1.29, 1.82) is 0 Å². The number of aromatic nitrogens is 2. The smallest absolute Gasteiger partial charge is 0.119 e. The van der Waals surface area contributed by atoms with E-state index >= 15 is 0 Å². The average molecular weight is 435 g/mol. The van der Waals surface area contributed by atoms with Crippen LogP contribution in [0.25, 0.3) is 33.8 Å². The number of aryl methyl sites for hydroxylation is 1. The zero-order chi connectivity index (χ0) is 22.8. The number of benzene rings is 3. The molecule has 0 saturated carbocycles. The van der Waals surface area contributed by atoms with Crippen molar-refractivity contribution in [3.05, 3.63) is 109 Å². The lowest BCUT2D eigenvalue weighted by Gasteiger charge is -2.10. The van der Waals surface area contributed by atoms with E-state index in [0.29, 0.717) is 0 Å². The summed E-state index contributed by atoms with van der Waals surface area (Å²) in [4.78, 5) is 0. The second kappa shape index (κ2) is 8.75. The maximum absolute atomic E-state index is 5.35. The van der Waals surface area contributed by atoms with Crippen molar-refractivity contribution < 1.29 is 9.47 Å². The summed E-state index contributed by atoms with van der Waals surface area (Å²) in [6.45, 7) is 2.13. The van der Waals surface area contributed by atoms with Gasteiger partial charge in [-0.25, -0.2) is 0 Å². The molecule has 3 aromatic carbocycles. The summed E-state index contributed by atoms with van der Waals surface area (Å²) >= 11 is 0. The Morgan fingerprint density at radius 2 is 1.06 bits per heavy atom. The second-order valence-corrected chi connectivity index (χ2v) is 7.99. The van der Waals surface area contributed by atoms with E-state index in [1.807, 2.05) is 30.3 Å². The monoisotopic (exact) mass is 434 g/mol. The fraction of sp³-hybridized carbons (Fsp3) is 0.103. The largest absolute Gasteiger partial charge is 0.497 e. The van der Waals surface area contributed by atoms with Crippen molar-refractivity contribution in [3.8, 4) is 45.3 Å². The van der Waals surface area contributed by atoms with Crippen molar-refractivity contribution in [2.75, 3.05) is 14.2 Å². The molecule has 0 amide bonds. The summed E-state index contributed by atoms with van der Waals surface area (Å²) in [5, 5.41) is 0. The average Bonchev–Trinajstić information content (AvgIpc) is 3.49. The summed E-state index contributed by atoms with van der Waals surface area (Å²) < 4.78 is 15.1. The topological polar surface area (TPSA) is 28.3 Å². The Morgan fingerprint density at radius 3 is 1.64 bits per heavy atom. The molecule has 5 rings (SSSR count). The fourth-order valence-electron chi connectivity index (χ4n) is 4.16. The van der Waals surface area contributed by atoms with Crippen molar-refractivity contribution in [2.24, 2.45) is 0 Å². The summed E-state index contributed by atoms with van der Waals surface area (Å²) in [5.74, 6) is 1.70. The lowest BCUT2D eigenvalue weighted by Crippen LogP contribution is -1.95. The van der Waals surface area contributed by atoms with E-state index in [-0.39, 0.29) is 0 Å². The first-order valence-corrected chi connectivity index (χ1v) is 10.9. The third-order valence-electron chi connectivity index (χ3n) is 5.94. The van der Waals surface area contributed by atoms with Gasteiger partial charge >= 0.3 is 0 Å². The van der Waals surface area contributed by atoms with E-state index in [9.17, 15) is 0 Å². The molecule has 0 saturated heterocycles. The van der Waals surface area contributed by atoms with Crippen LogP contribution in [0.4, 0.5) is 0 Å². The van der Waals surface area contributed by atoms with Gasteiger partial charge in [0.05, 0.1) is 19.9 Å². The van der Waals surface area contributed by atoms with Gasteiger partial charge in [-0.3, -0.25) is 0 Å². The van der Waals surface area contributed by atoms with Gasteiger partial charge in [0.1, 0.15) is 11.5 Å². The molecular formula is C29H26N2O2. The first-order valence-electron chi connectivity index (χ1n) is 10.9. The third-order valence-corrected chi connectivity index (χ3v) is 5.94. The van der Waals surface area contributed by atoms with E-state index in [1.54, 1.807) is 14.2 Å². The Labute approximate surface area is 194 Å². The number of ether oxygens (including phenoxy) is 2. The molecule has 0 atom stereocenters. The van der Waals surface area contributed by atoms with Crippen molar-refractivity contribution >= 4 is 0 Å². The Bertz CT molecular complexity index is 1360. The minimum Gasteiger partial charge on any atom is -0.497 e. The third kappa shape index (κ3) is 4.03. The van der Waals surface area contributed by atoms with Gasteiger partial charge in [0, 0.05) is 40.6 Å². The highest BCUT2D eigenvalue weighted by Gasteiger charge is 2.14. The molecule has 0 fully saturated rings. The molecule has 0 aliphatic heterocycles. The van der Waals surface area contributed by atoms with Crippen LogP contribution in [0.3, 0.4) is 0 Å². The highest BCUT2D eigenvalue weighted by Crippen LogP contribution is 2.33. The molecule has 2 aromatic heterocycles. The molecule has 164 valence electrons. The molecule has 2 heterocycles. The van der Waals surface area contributed by atoms with Crippen LogP contribution < -0.4 is 9.47 Å². The van der Waals surface area contributed by atoms with Gasteiger partial charge in [-0.15, -0.1) is 0 Å². The maximum Gasteiger partial charge on any atom is 0.119 e. The van der Waals surface area contributed by atoms with Crippen molar-refractivity contribution in [3.63, 3.8) is 0 Å². The number of rotatable bonds is 6.